The van der Waals surface area contributed by atoms with Gasteiger partial charge in [0.05, 0.1) is 6.04 Å². The monoisotopic (exact) mass is 323 g/mol. The van der Waals surface area contributed by atoms with Gasteiger partial charge >= 0.3 is 0 Å². The molecule has 0 radical (unpaired) electrons. The summed E-state index contributed by atoms with van der Waals surface area (Å²) in [6, 6.07) is 1.27. The van der Waals surface area contributed by atoms with Crippen LogP contribution in [0.5, 0.6) is 5.75 Å². The van der Waals surface area contributed by atoms with Gasteiger partial charge in [0, 0.05) is 12.1 Å². The maximum Gasteiger partial charge on any atom is 0.254 e. The van der Waals surface area contributed by atoms with Gasteiger partial charge in [0.2, 0.25) is 6.39 Å². The number of nitrogens with zero attached hydrogens (tertiary/aromatic N) is 3. The van der Waals surface area contributed by atoms with E-state index in [2.05, 4.69) is 10.1 Å². The zero-order chi connectivity index (χ0) is 16.4. The largest absolute Gasteiger partial charge is 0.503 e. The molecule has 8 heteroatoms. The van der Waals surface area contributed by atoms with Gasteiger partial charge in [0.1, 0.15) is 0 Å². The van der Waals surface area contributed by atoms with Crippen molar-refractivity contribution in [1.29, 1.82) is 0 Å². The van der Waals surface area contributed by atoms with Gasteiger partial charge in [-0.1, -0.05) is 18.0 Å². The van der Waals surface area contributed by atoms with Crippen LogP contribution in [0, 0.1) is 11.6 Å². The molecule has 6 nitrogen and oxygen atoms in total. The molecule has 3 rings (SSSR count). The van der Waals surface area contributed by atoms with Gasteiger partial charge in [-0.3, -0.25) is 4.79 Å². The van der Waals surface area contributed by atoms with E-state index >= 15 is 0 Å². The van der Waals surface area contributed by atoms with Gasteiger partial charge in [-0.05, 0) is 25.0 Å². The highest BCUT2D eigenvalue weighted by molar-refractivity contribution is 5.94. The van der Waals surface area contributed by atoms with Gasteiger partial charge < -0.3 is 14.5 Å². The number of phenols is 1. The fraction of sp³-hybridized carbons (Fsp3) is 0.400. The molecule has 122 valence electrons. The van der Waals surface area contributed by atoms with Crippen LogP contribution in [0.15, 0.2) is 23.0 Å². The third kappa shape index (κ3) is 3.01. The van der Waals surface area contributed by atoms with Crippen LogP contribution in [0.2, 0.25) is 0 Å². The molecule has 2 heterocycles. The van der Waals surface area contributed by atoms with E-state index < -0.39 is 29.3 Å². The van der Waals surface area contributed by atoms with E-state index in [1.54, 1.807) is 0 Å². The molecule has 1 amide bonds. The van der Waals surface area contributed by atoms with E-state index in [0.717, 1.165) is 31.4 Å². The lowest BCUT2D eigenvalue weighted by Crippen LogP contribution is -2.35. The molecule has 1 aromatic heterocycles. The first-order chi connectivity index (χ1) is 11.1. The Morgan fingerprint density at radius 2 is 2.00 bits per heavy atom. The van der Waals surface area contributed by atoms with Crippen LogP contribution >= 0.6 is 0 Å². The molecule has 1 aromatic carbocycles. The summed E-state index contributed by atoms with van der Waals surface area (Å²) in [6.07, 6.45) is 4.44. The average molecular weight is 323 g/mol. The second kappa shape index (κ2) is 6.31. The van der Waals surface area contributed by atoms with E-state index in [1.807, 2.05) is 0 Å². The van der Waals surface area contributed by atoms with E-state index in [0.29, 0.717) is 18.8 Å². The van der Waals surface area contributed by atoms with Gasteiger partial charge in [-0.25, -0.2) is 8.78 Å². The Kier molecular flexibility index (Phi) is 4.22. The predicted molar refractivity (Wildman–Crippen MR) is 74.6 cm³/mol. The highest BCUT2D eigenvalue weighted by Gasteiger charge is 2.31. The minimum absolute atomic E-state index is 0.159. The quantitative estimate of drug-likeness (QED) is 0.919. The summed E-state index contributed by atoms with van der Waals surface area (Å²) >= 11 is 0. The number of aromatic hydroxyl groups is 1. The number of carbonyl (C=O) groups is 1. The van der Waals surface area contributed by atoms with Gasteiger partial charge in [-0.2, -0.15) is 4.98 Å². The van der Waals surface area contributed by atoms with Crippen LogP contribution < -0.4 is 0 Å². The van der Waals surface area contributed by atoms with Crippen LogP contribution in [0.1, 0.15) is 47.9 Å². The van der Waals surface area contributed by atoms with Crippen molar-refractivity contribution < 1.29 is 23.2 Å². The number of aromatic nitrogens is 2. The molecule has 1 N–H and O–H groups in total. The molecule has 1 aliphatic rings. The molecule has 1 fully saturated rings. The SMILES string of the molecule is O=C(c1cc(F)c(O)c(F)c1)N1CCCCC[C@H]1c1ncon1. The molecule has 0 aliphatic carbocycles. The third-order valence-corrected chi connectivity index (χ3v) is 3.95. The fourth-order valence-corrected chi connectivity index (χ4v) is 2.80. The summed E-state index contributed by atoms with van der Waals surface area (Å²) in [7, 11) is 0. The van der Waals surface area contributed by atoms with Crippen molar-refractivity contribution in [2.24, 2.45) is 0 Å². The van der Waals surface area contributed by atoms with Crippen LogP contribution in [-0.4, -0.2) is 32.6 Å². The zero-order valence-corrected chi connectivity index (χ0v) is 12.2. The summed E-state index contributed by atoms with van der Waals surface area (Å²) < 4.78 is 31.8. The minimum atomic E-state index is -1.17. The summed E-state index contributed by atoms with van der Waals surface area (Å²) in [5.41, 5.74) is -0.159. The minimum Gasteiger partial charge on any atom is -0.503 e. The van der Waals surface area contributed by atoms with Crippen molar-refractivity contribution in [3.05, 3.63) is 41.5 Å². The molecule has 2 aromatic rings. The van der Waals surface area contributed by atoms with Crippen LogP contribution in [0.3, 0.4) is 0 Å². The first kappa shape index (κ1) is 15.4. The molecule has 23 heavy (non-hydrogen) atoms. The molecule has 1 atom stereocenters. The van der Waals surface area contributed by atoms with Crippen LogP contribution in [0.25, 0.3) is 0 Å². The van der Waals surface area contributed by atoms with E-state index in [-0.39, 0.29) is 5.56 Å². The summed E-state index contributed by atoms with van der Waals surface area (Å²) in [4.78, 5) is 18.2. The Hall–Kier alpha value is -2.51. The average Bonchev–Trinajstić information content (AvgIpc) is 2.96. The number of carbonyl (C=O) groups excluding carboxylic acids is 1. The highest BCUT2D eigenvalue weighted by Crippen LogP contribution is 2.30. The molecule has 0 saturated carbocycles. The van der Waals surface area contributed by atoms with Crippen LogP contribution in [0.4, 0.5) is 8.78 Å². The van der Waals surface area contributed by atoms with Crippen molar-refractivity contribution in [2.45, 2.75) is 31.7 Å². The Labute approximate surface area is 130 Å². The van der Waals surface area contributed by atoms with Crippen molar-refractivity contribution in [1.82, 2.24) is 15.0 Å². The second-order valence-electron chi connectivity index (χ2n) is 5.44. The lowest BCUT2D eigenvalue weighted by molar-refractivity contribution is 0.0669. The topological polar surface area (TPSA) is 79.5 Å². The number of hydrogen-bond acceptors (Lipinski definition) is 5. The Morgan fingerprint density at radius 1 is 1.26 bits per heavy atom. The number of phenolic OH excluding ortho intramolecular Hbond substituents is 1. The summed E-state index contributed by atoms with van der Waals surface area (Å²) in [6.45, 7) is 0.433. The highest BCUT2D eigenvalue weighted by atomic mass is 19.1. The first-order valence-electron chi connectivity index (χ1n) is 7.33. The summed E-state index contributed by atoms with van der Waals surface area (Å²) in [5, 5.41) is 13.0. The number of rotatable bonds is 2. The van der Waals surface area contributed by atoms with Crippen molar-refractivity contribution >= 4 is 5.91 Å². The van der Waals surface area contributed by atoms with E-state index in [1.165, 1.54) is 11.3 Å². The summed E-state index contributed by atoms with van der Waals surface area (Å²) in [5.74, 6) is -3.58. The molecule has 1 aliphatic heterocycles. The van der Waals surface area contributed by atoms with Gasteiger partial charge in [-0.15, -0.1) is 0 Å². The number of hydrogen-bond donors (Lipinski definition) is 1. The van der Waals surface area contributed by atoms with E-state index in [9.17, 15) is 13.6 Å². The molecule has 0 bridgehead atoms. The zero-order valence-electron chi connectivity index (χ0n) is 12.2. The maximum absolute atomic E-state index is 13.5. The standard InChI is InChI=1S/C15H15F2N3O3/c16-10-6-9(7-11(17)13(10)21)15(22)20-5-3-1-2-4-12(20)14-18-8-23-19-14/h6-8,12,21H,1-5H2/t12-/m0/s1. The van der Waals surface area contributed by atoms with Gasteiger partial charge in [0.25, 0.3) is 5.91 Å². The normalized spacial score (nSPS) is 18.7. The smallest absolute Gasteiger partial charge is 0.254 e. The first-order valence-corrected chi connectivity index (χ1v) is 7.33. The molecular weight excluding hydrogens is 308 g/mol. The van der Waals surface area contributed by atoms with Crippen molar-refractivity contribution in [2.75, 3.05) is 6.54 Å². The van der Waals surface area contributed by atoms with Gasteiger partial charge in [0.15, 0.2) is 23.2 Å². The lowest BCUT2D eigenvalue weighted by Gasteiger charge is -2.28. The Morgan fingerprint density at radius 3 is 2.65 bits per heavy atom. The number of halogens is 2. The molecule has 1 saturated heterocycles. The lowest BCUT2D eigenvalue weighted by atomic mass is 10.1. The second-order valence-corrected chi connectivity index (χ2v) is 5.44. The number of benzene rings is 1. The molecule has 0 spiro atoms. The fourth-order valence-electron chi connectivity index (χ4n) is 2.80. The van der Waals surface area contributed by atoms with Crippen molar-refractivity contribution in [3.63, 3.8) is 0 Å². The maximum atomic E-state index is 13.5. The van der Waals surface area contributed by atoms with E-state index in [4.69, 9.17) is 9.63 Å². The number of likely N-dealkylation sites (tertiary alicyclic amines) is 1. The van der Waals surface area contributed by atoms with Crippen molar-refractivity contribution in [3.8, 4) is 5.75 Å². The van der Waals surface area contributed by atoms with Crippen LogP contribution in [-0.2, 0) is 0 Å². The molecular formula is C15H15F2N3O3. The molecule has 0 unspecified atom stereocenters. The number of amides is 1. The third-order valence-electron chi connectivity index (χ3n) is 3.95. The Bertz CT molecular complexity index is 683. The predicted octanol–water partition coefficient (Wildman–Crippen LogP) is 2.81. The Balaban J connectivity index is 1.94.